The smallest absolute Gasteiger partial charge is 0.317 e. The van der Waals surface area contributed by atoms with Gasteiger partial charge in [-0.05, 0) is 19.3 Å². The number of rotatable bonds is 6. The highest BCUT2D eigenvalue weighted by Crippen LogP contribution is 2.19. The van der Waals surface area contributed by atoms with Gasteiger partial charge in [-0.1, -0.05) is 13.8 Å². The van der Waals surface area contributed by atoms with Crippen molar-refractivity contribution in [1.82, 2.24) is 10.2 Å². The fourth-order valence-electron chi connectivity index (χ4n) is 2.36. The molecule has 0 aromatic carbocycles. The number of carboxylic acids is 1. The van der Waals surface area contributed by atoms with Gasteiger partial charge in [0.2, 0.25) is 0 Å². The number of hydrogen-bond acceptors (Lipinski definition) is 3. The molecule has 1 fully saturated rings. The molecule has 0 aliphatic carbocycles. The Hall–Kier alpha value is -1.30. The summed E-state index contributed by atoms with van der Waals surface area (Å²) in [6, 6.07) is -0.202. The highest BCUT2D eigenvalue weighted by molar-refractivity contribution is 5.77. The van der Waals surface area contributed by atoms with Crippen LogP contribution in [0.5, 0.6) is 0 Å². The minimum atomic E-state index is -0.830. The van der Waals surface area contributed by atoms with E-state index in [2.05, 4.69) is 5.32 Å². The van der Waals surface area contributed by atoms with E-state index in [0.29, 0.717) is 26.1 Å². The number of carboxylic acid groups (broad SMARTS) is 1. The van der Waals surface area contributed by atoms with Gasteiger partial charge in [-0.15, -0.1) is 0 Å². The van der Waals surface area contributed by atoms with E-state index in [1.54, 1.807) is 12.0 Å². The van der Waals surface area contributed by atoms with Gasteiger partial charge in [-0.2, -0.15) is 0 Å². The van der Waals surface area contributed by atoms with Gasteiger partial charge in [0.15, 0.2) is 0 Å². The first-order chi connectivity index (χ1) is 8.98. The maximum atomic E-state index is 12.0. The number of methoxy groups -OCH3 is 1. The number of ether oxygens (including phenoxy) is 1. The number of urea groups is 1. The molecule has 1 saturated heterocycles. The predicted octanol–water partition coefficient (Wildman–Crippen LogP) is 1.31. The van der Waals surface area contributed by atoms with Crippen LogP contribution in [0, 0.1) is 5.92 Å². The molecule has 1 heterocycles. The zero-order valence-electron chi connectivity index (χ0n) is 11.9. The Kier molecular flexibility index (Phi) is 5.60. The summed E-state index contributed by atoms with van der Waals surface area (Å²) in [7, 11) is 1.65. The number of amides is 2. The van der Waals surface area contributed by atoms with Gasteiger partial charge < -0.3 is 20.1 Å². The van der Waals surface area contributed by atoms with E-state index in [9.17, 15) is 9.59 Å². The Labute approximate surface area is 114 Å². The molecule has 0 aromatic rings. The second-order valence-electron chi connectivity index (χ2n) is 5.02. The highest BCUT2D eigenvalue weighted by Gasteiger charge is 2.32. The standard InChI is InChI=1S/C13H24N2O4/c1-4-13(5-2,19-3)9-14-12(18)15-7-6-10(8-15)11(16)17/h10H,4-9H2,1-3H3,(H,14,18)(H,16,17). The van der Waals surface area contributed by atoms with E-state index in [0.717, 1.165) is 12.8 Å². The molecule has 1 aliphatic heterocycles. The molecule has 2 amide bonds. The van der Waals surface area contributed by atoms with E-state index in [4.69, 9.17) is 9.84 Å². The number of aliphatic carboxylic acids is 1. The monoisotopic (exact) mass is 272 g/mol. The molecule has 1 rings (SSSR count). The maximum absolute atomic E-state index is 12.0. The van der Waals surface area contributed by atoms with Crippen LogP contribution in [0.25, 0.3) is 0 Å². The summed E-state index contributed by atoms with van der Waals surface area (Å²) < 4.78 is 5.48. The number of nitrogens with one attached hydrogen (secondary N) is 1. The van der Waals surface area contributed by atoms with E-state index in [1.165, 1.54) is 0 Å². The number of likely N-dealkylation sites (tertiary alicyclic amines) is 1. The number of nitrogens with zero attached hydrogens (tertiary/aromatic N) is 1. The van der Waals surface area contributed by atoms with Gasteiger partial charge in [0.05, 0.1) is 11.5 Å². The zero-order valence-corrected chi connectivity index (χ0v) is 11.9. The van der Waals surface area contributed by atoms with Crippen molar-refractivity contribution in [2.45, 2.75) is 38.7 Å². The molecule has 0 saturated carbocycles. The van der Waals surface area contributed by atoms with Crippen LogP contribution in [-0.4, -0.2) is 54.4 Å². The number of hydrogen-bond donors (Lipinski definition) is 2. The third kappa shape index (κ3) is 3.83. The molecule has 1 aliphatic rings. The highest BCUT2D eigenvalue weighted by atomic mass is 16.5. The minimum Gasteiger partial charge on any atom is -0.481 e. The van der Waals surface area contributed by atoms with E-state index >= 15 is 0 Å². The van der Waals surface area contributed by atoms with Crippen molar-refractivity contribution in [3.63, 3.8) is 0 Å². The van der Waals surface area contributed by atoms with Gasteiger partial charge >= 0.3 is 12.0 Å². The van der Waals surface area contributed by atoms with Crippen molar-refractivity contribution in [3.05, 3.63) is 0 Å². The first kappa shape index (κ1) is 15.8. The van der Waals surface area contributed by atoms with Crippen LogP contribution >= 0.6 is 0 Å². The Morgan fingerprint density at radius 1 is 1.42 bits per heavy atom. The summed E-state index contributed by atoms with van der Waals surface area (Å²) in [6.07, 6.45) is 2.16. The number of carbonyl (C=O) groups is 2. The lowest BCUT2D eigenvalue weighted by molar-refractivity contribution is -0.141. The molecule has 1 atom stereocenters. The van der Waals surface area contributed by atoms with Gasteiger partial charge in [0.25, 0.3) is 0 Å². The molecule has 0 bridgehead atoms. The van der Waals surface area contributed by atoms with Crippen LogP contribution in [0.1, 0.15) is 33.1 Å². The van der Waals surface area contributed by atoms with Crippen LogP contribution in [-0.2, 0) is 9.53 Å². The molecule has 0 radical (unpaired) electrons. The van der Waals surface area contributed by atoms with Crippen molar-refractivity contribution in [2.75, 3.05) is 26.7 Å². The van der Waals surface area contributed by atoms with E-state index in [1.807, 2.05) is 13.8 Å². The molecular formula is C13H24N2O4. The molecule has 6 heteroatoms. The average molecular weight is 272 g/mol. The Morgan fingerprint density at radius 2 is 2.05 bits per heavy atom. The van der Waals surface area contributed by atoms with Crippen molar-refractivity contribution in [1.29, 1.82) is 0 Å². The van der Waals surface area contributed by atoms with Crippen LogP contribution in [0.15, 0.2) is 0 Å². The fraction of sp³-hybridized carbons (Fsp3) is 0.846. The lowest BCUT2D eigenvalue weighted by atomic mass is 9.97. The van der Waals surface area contributed by atoms with Gasteiger partial charge in [-0.25, -0.2) is 4.79 Å². The van der Waals surface area contributed by atoms with Crippen molar-refractivity contribution in [3.8, 4) is 0 Å². The topological polar surface area (TPSA) is 78.9 Å². The summed E-state index contributed by atoms with van der Waals surface area (Å²) >= 11 is 0. The van der Waals surface area contributed by atoms with Crippen molar-refractivity contribution < 1.29 is 19.4 Å². The van der Waals surface area contributed by atoms with E-state index < -0.39 is 11.9 Å². The largest absolute Gasteiger partial charge is 0.481 e. The van der Waals surface area contributed by atoms with Crippen LogP contribution < -0.4 is 5.32 Å². The summed E-state index contributed by atoms with van der Waals surface area (Å²) in [5.41, 5.74) is -0.332. The lowest BCUT2D eigenvalue weighted by Gasteiger charge is -2.31. The van der Waals surface area contributed by atoms with Crippen LogP contribution in [0.2, 0.25) is 0 Å². The maximum Gasteiger partial charge on any atom is 0.317 e. The summed E-state index contributed by atoms with van der Waals surface area (Å²) in [5, 5.41) is 11.8. The molecular weight excluding hydrogens is 248 g/mol. The molecule has 2 N–H and O–H groups in total. The SMILES string of the molecule is CCC(CC)(CNC(=O)N1CCC(C(=O)O)C1)OC. The first-order valence-electron chi connectivity index (χ1n) is 6.78. The normalized spacial score (nSPS) is 19.5. The fourth-order valence-corrected chi connectivity index (χ4v) is 2.36. The third-order valence-electron chi connectivity index (χ3n) is 4.11. The average Bonchev–Trinajstić information content (AvgIpc) is 2.90. The molecule has 19 heavy (non-hydrogen) atoms. The van der Waals surface area contributed by atoms with Crippen molar-refractivity contribution in [2.24, 2.45) is 5.92 Å². The van der Waals surface area contributed by atoms with Crippen LogP contribution in [0.4, 0.5) is 4.79 Å². The van der Waals surface area contributed by atoms with Gasteiger partial charge in [0, 0.05) is 26.7 Å². The molecule has 6 nitrogen and oxygen atoms in total. The van der Waals surface area contributed by atoms with Crippen LogP contribution in [0.3, 0.4) is 0 Å². The summed E-state index contributed by atoms with van der Waals surface area (Å²) in [4.78, 5) is 24.4. The van der Waals surface area contributed by atoms with Gasteiger partial charge in [0.1, 0.15) is 0 Å². The second kappa shape index (κ2) is 6.75. The van der Waals surface area contributed by atoms with Crippen molar-refractivity contribution >= 4 is 12.0 Å². The molecule has 1 unspecified atom stereocenters. The quantitative estimate of drug-likeness (QED) is 0.764. The Balaban J connectivity index is 2.46. The van der Waals surface area contributed by atoms with E-state index in [-0.39, 0.29) is 11.6 Å². The zero-order chi connectivity index (χ0) is 14.5. The third-order valence-corrected chi connectivity index (χ3v) is 4.11. The Morgan fingerprint density at radius 3 is 2.47 bits per heavy atom. The minimum absolute atomic E-state index is 0.202. The lowest BCUT2D eigenvalue weighted by Crippen LogP contribution is -2.47. The summed E-state index contributed by atoms with van der Waals surface area (Å²) in [5.74, 6) is -1.26. The summed E-state index contributed by atoms with van der Waals surface area (Å²) in [6.45, 7) is 5.29. The first-order valence-corrected chi connectivity index (χ1v) is 6.78. The molecule has 0 aromatic heterocycles. The number of carbonyl (C=O) groups excluding carboxylic acids is 1. The Bertz CT molecular complexity index is 320. The van der Waals surface area contributed by atoms with Gasteiger partial charge in [-0.3, -0.25) is 4.79 Å². The second-order valence-corrected chi connectivity index (χ2v) is 5.02. The molecule has 0 spiro atoms. The predicted molar refractivity (Wildman–Crippen MR) is 71.0 cm³/mol. The molecule has 110 valence electrons.